The Kier molecular flexibility index (Phi) is 4.74. The second kappa shape index (κ2) is 6.53. The van der Waals surface area contributed by atoms with Gasteiger partial charge in [0.25, 0.3) is 5.56 Å². The zero-order valence-corrected chi connectivity index (χ0v) is 12.4. The molecule has 2 aromatic heterocycles. The van der Waals surface area contributed by atoms with Crippen LogP contribution in [-0.4, -0.2) is 25.5 Å². The van der Waals surface area contributed by atoms with Crippen LogP contribution in [0.5, 0.6) is 0 Å². The molecule has 0 aliphatic rings. The second-order valence-corrected chi connectivity index (χ2v) is 5.05. The minimum atomic E-state index is -0.356. The molecule has 1 unspecified atom stereocenters. The zero-order valence-electron chi connectivity index (χ0n) is 12.4. The zero-order chi connectivity index (χ0) is 15.4. The van der Waals surface area contributed by atoms with Crippen molar-refractivity contribution in [1.82, 2.24) is 18.9 Å². The van der Waals surface area contributed by atoms with Crippen LogP contribution < -0.4 is 17.0 Å². The summed E-state index contributed by atoms with van der Waals surface area (Å²) in [5, 5.41) is 4.46. The Balaban J connectivity index is 2.28. The van der Waals surface area contributed by atoms with E-state index < -0.39 is 0 Å². The summed E-state index contributed by atoms with van der Waals surface area (Å²) in [6.07, 6.45) is 4.40. The Hall–Kier alpha value is -2.15. The van der Waals surface area contributed by atoms with Gasteiger partial charge in [-0.15, -0.1) is 0 Å². The third-order valence-corrected chi connectivity index (χ3v) is 3.53. The molecule has 114 valence electrons. The molecule has 2 rings (SSSR count). The van der Waals surface area contributed by atoms with E-state index in [0.717, 1.165) is 16.7 Å². The van der Waals surface area contributed by atoms with Gasteiger partial charge in [0.2, 0.25) is 0 Å². The van der Waals surface area contributed by atoms with Gasteiger partial charge in [-0.2, -0.15) is 5.10 Å². The molecule has 7 heteroatoms. The fourth-order valence-electron chi connectivity index (χ4n) is 2.08. The maximum absolute atomic E-state index is 12.2. The summed E-state index contributed by atoms with van der Waals surface area (Å²) >= 11 is 0. The fourth-order valence-corrected chi connectivity index (χ4v) is 2.08. The average molecular weight is 291 g/mol. The van der Waals surface area contributed by atoms with Gasteiger partial charge in [-0.25, -0.2) is 4.79 Å². The molecule has 7 nitrogen and oxygen atoms in total. The van der Waals surface area contributed by atoms with Crippen molar-refractivity contribution in [2.45, 2.75) is 39.4 Å². The molecule has 0 aliphatic heterocycles. The summed E-state index contributed by atoms with van der Waals surface area (Å²) in [5.41, 5.74) is 5.53. The van der Waals surface area contributed by atoms with E-state index in [1.165, 1.54) is 16.8 Å². The van der Waals surface area contributed by atoms with Crippen LogP contribution in [0.3, 0.4) is 0 Å². The number of hydrogen-bond acceptors (Lipinski definition) is 4. The van der Waals surface area contributed by atoms with Gasteiger partial charge in [0.15, 0.2) is 0 Å². The van der Waals surface area contributed by atoms with Crippen LogP contribution in [0.2, 0.25) is 0 Å². The normalized spacial score (nSPS) is 12.5. The maximum Gasteiger partial charge on any atom is 0.331 e. The van der Waals surface area contributed by atoms with Crippen LogP contribution in [0.1, 0.15) is 32.0 Å². The topological polar surface area (TPSA) is 87.8 Å². The fraction of sp³-hybridized carbons (Fsp3) is 0.500. The van der Waals surface area contributed by atoms with Crippen molar-refractivity contribution < 1.29 is 0 Å². The van der Waals surface area contributed by atoms with E-state index in [1.54, 1.807) is 0 Å². The smallest absolute Gasteiger partial charge is 0.329 e. The number of rotatable bonds is 6. The summed E-state index contributed by atoms with van der Waals surface area (Å²) in [6, 6.07) is 3.58. The molecule has 1 atom stereocenters. The van der Waals surface area contributed by atoms with Gasteiger partial charge in [0, 0.05) is 37.6 Å². The largest absolute Gasteiger partial charge is 0.331 e. The third kappa shape index (κ3) is 3.30. The first kappa shape index (κ1) is 15.2. The molecule has 0 aliphatic carbocycles. The molecule has 0 aromatic carbocycles. The van der Waals surface area contributed by atoms with Crippen LogP contribution in [0, 0.1) is 0 Å². The molecule has 2 N–H and O–H groups in total. The van der Waals surface area contributed by atoms with Crippen molar-refractivity contribution in [2.24, 2.45) is 5.73 Å². The Morgan fingerprint density at radius 1 is 1.29 bits per heavy atom. The molecule has 0 fully saturated rings. The van der Waals surface area contributed by atoms with Gasteiger partial charge in [-0.3, -0.25) is 18.6 Å². The monoisotopic (exact) mass is 291 g/mol. The molecular formula is C14H21N5O2. The summed E-state index contributed by atoms with van der Waals surface area (Å²) in [4.78, 5) is 23.9. The predicted molar refractivity (Wildman–Crippen MR) is 80.3 cm³/mol. The van der Waals surface area contributed by atoms with E-state index in [-0.39, 0.29) is 24.3 Å². The molecule has 2 aromatic rings. The lowest BCUT2D eigenvalue weighted by Gasteiger charge is -2.09. The van der Waals surface area contributed by atoms with Crippen LogP contribution >= 0.6 is 0 Å². The highest BCUT2D eigenvalue weighted by atomic mass is 16.2. The number of hydrogen-bond donors (Lipinski definition) is 1. The Bertz CT molecular complexity index is 713. The predicted octanol–water partition coefficient (Wildman–Crippen LogP) is 0.185. The van der Waals surface area contributed by atoms with E-state index in [9.17, 15) is 9.59 Å². The second-order valence-electron chi connectivity index (χ2n) is 5.05. The van der Waals surface area contributed by atoms with Crippen molar-refractivity contribution in [3.63, 3.8) is 0 Å². The maximum atomic E-state index is 12.2. The van der Waals surface area contributed by atoms with Gasteiger partial charge in [0.1, 0.15) is 0 Å². The number of nitrogens with two attached hydrogens (primary N) is 1. The van der Waals surface area contributed by atoms with Gasteiger partial charge in [-0.05, 0) is 19.4 Å². The van der Waals surface area contributed by atoms with E-state index in [1.807, 2.05) is 16.9 Å². The first-order valence-electron chi connectivity index (χ1n) is 7.11. The molecule has 2 heterocycles. The van der Waals surface area contributed by atoms with Gasteiger partial charge in [0.05, 0.1) is 12.2 Å². The van der Waals surface area contributed by atoms with Crippen LogP contribution in [0.25, 0.3) is 0 Å². The molecule has 0 bridgehead atoms. The van der Waals surface area contributed by atoms with Gasteiger partial charge < -0.3 is 5.73 Å². The first-order valence-corrected chi connectivity index (χ1v) is 7.11. The summed E-state index contributed by atoms with van der Waals surface area (Å²) < 4.78 is 4.50. The highest BCUT2D eigenvalue weighted by molar-refractivity contribution is 5.01. The van der Waals surface area contributed by atoms with Gasteiger partial charge >= 0.3 is 5.69 Å². The van der Waals surface area contributed by atoms with Crippen molar-refractivity contribution in [3.05, 3.63) is 51.1 Å². The lowest BCUT2D eigenvalue weighted by Crippen LogP contribution is -2.40. The minimum absolute atomic E-state index is 0.222. The lowest BCUT2D eigenvalue weighted by molar-refractivity contribution is 0.470. The molecule has 0 spiro atoms. The first-order chi connectivity index (χ1) is 10.1. The third-order valence-electron chi connectivity index (χ3n) is 3.53. The Morgan fingerprint density at radius 2 is 2.05 bits per heavy atom. The van der Waals surface area contributed by atoms with Crippen molar-refractivity contribution in [3.8, 4) is 0 Å². The summed E-state index contributed by atoms with van der Waals surface area (Å²) in [5.74, 6) is 0. The Morgan fingerprint density at radius 3 is 2.71 bits per heavy atom. The molecule has 0 saturated heterocycles. The quantitative estimate of drug-likeness (QED) is 0.822. The van der Waals surface area contributed by atoms with E-state index in [2.05, 4.69) is 18.9 Å². The van der Waals surface area contributed by atoms with E-state index >= 15 is 0 Å². The summed E-state index contributed by atoms with van der Waals surface area (Å²) in [6.45, 7) is 5.00. The SMILES string of the molecule is CCC(C)n1ccc(Cn2ccc(=O)n(CCN)c2=O)n1. The van der Waals surface area contributed by atoms with Gasteiger partial charge in [-0.1, -0.05) is 6.92 Å². The number of aromatic nitrogens is 4. The molecular weight excluding hydrogens is 270 g/mol. The van der Waals surface area contributed by atoms with Crippen molar-refractivity contribution in [1.29, 1.82) is 0 Å². The average Bonchev–Trinajstić information content (AvgIpc) is 2.94. The highest BCUT2D eigenvalue weighted by Crippen LogP contribution is 2.09. The molecule has 21 heavy (non-hydrogen) atoms. The molecule has 0 saturated carbocycles. The molecule has 0 radical (unpaired) electrons. The standard InChI is InChI=1S/C14H21N5O2/c1-3-11(2)19-8-4-12(16-19)10-17-7-5-13(20)18(9-6-15)14(17)21/h4-5,7-8,11H,3,6,9-10,15H2,1-2H3. The molecule has 0 amide bonds. The highest BCUT2D eigenvalue weighted by Gasteiger charge is 2.08. The van der Waals surface area contributed by atoms with Crippen LogP contribution in [0.15, 0.2) is 34.1 Å². The summed E-state index contributed by atoms with van der Waals surface area (Å²) in [7, 11) is 0. The number of nitrogens with zero attached hydrogens (tertiary/aromatic N) is 4. The van der Waals surface area contributed by atoms with Crippen molar-refractivity contribution in [2.75, 3.05) is 6.54 Å². The van der Waals surface area contributed by atoms with Crippen LogP contribution in [-0.2, 0) is 13.1 Å². The minimum Gasteiger partial charge on any atom is -0.329 e. The Labute approximate surface area is 122 Å². The van der Waals surface area contributed by atoms with E-state index in [4.69, 9.17) is 5.73 Å². The van der Waals surface area contributed by atoms with Crippen molar-refractivity contribution >= 4 is 0 Å². The van der Waals surface area contributed by atoms with Crippen LogP contribution in [0.4, 0.5) is 0 Å². The lowest BCUT2D eigenvalue weighted by atomic mass is 10.3. The van der Waals surface area contributed by atoms with E-state index in [0.29, 0.717) is 12.6 Å².